The van der Waals surface area contributed by atoms with Gasteiger partial charge in [0.25, 0.3) is 0 Å². The molecule has 0 aliphatic carbocycles. The fraction of sp³-hybridized carbons (Fsp3) is 0.643. The highest BCUT2D eigenvalue weighted by Crippen LogP contribution is 2.22. The summed E-state index contributed by atoms with van der Waals surface area (Å²) in [5.74, 6) is 0.919. The molecule has 3 rings (SSSR count). The fourth-order valence-corrected chi connectivity index (χ4v) is 2.86. The van der Waals surface area contributed by atoms with E-state index in [1.165, 1.54) is 0 Å². The normalized spacial score (nSPS) is 22.1. The number of ether oxygens (including phenoxy) is 1. The molecule has 0 saturated carbocycles. The van der Waals surface area contributed by atoms with Crippen LogP contribution in [0.3, 0.4) is 0 Å². The third kappa shape index (κ3) is 2.98. The van der Waals surface area contributed by atoms with Crippen LogP contribution < -0.4 is 10.6 Å². The Labute approximate surface area is 124 Å². The first-order valence-electron chi connectivity index (χ1n) is 7.36. The average Bonchev–Trinajstić information content (AvgIpc) is 2.56. The Balaban J connectivity index is 1.59. The van der Waals surface area contributed by atoms with Crippen LogP contribution in [-0.4, -0.2) is 65.7 Å². The molecule has 0 aromatic carbocycles. The van der Waals surface area contributed by atoms with Crippen LogP contribution in [-0.2, 0) is 9.53 Å². The van der Waals surface area contributed by atoms with Crippen molar-refractivity contribution in [3.05, 3.63) is 18.6 Å². The van der Waals surface area contributed by atoms with E-state index in [1.54, 1.807) is 18.6 Å². The van der Waals surface area contributed by atoms with Crippen molar-refractivity contribution in [3.63, 3.8) is 0 Å². The van der Waals surface area contributed by atoms with Crippen molar-refractivity contribution in [2.75, 3.05) is 44.3 Å². The van der Waals surface area contributed by atoms with E-state index < -0.39 is 5.54 Å². The highest BCUT2D eigenvalue weighted by molar-refractivity contribution is 5.86. The second-order valence-electron chi connectivity index (χ2n) is 5.61. The maximum atomic E-state index is 12.6. The number of nitrogens with two attached hydrogens (primary N) is 1. The zero-order valence-electron chi connectivity index (χ0n) is 12.1. The molecule has 21 heavy (non-hydrogen) atoms. The van der Waals surface area contributed by atoms with Gasteiger partial charge in [-0.1, -0.05) is 0 Å². The molecule has 7 nitrogen and oxygen atoms in total. The van der Waals surface area contributed by atoms with E-state index in [-0.39, 0.29) is 5.91 Å². The lowest BCUT2D eigenvalue weighted by molar-refractivity contribution is -0.140. The molecule has 0 atom stereocenters. The topological polar surface area (TPSA) is 84.6 Å². The molecule has 1 aromatic rings. The Bertz CT molecular complexity index is 481. The van der Waals surface area contributed by atoms with Crippen molar-refractivity contribution in [2.45, 2.75) is 18.4 Å². The van der Waals surface area contributed by atoms with Crippen LogP contribution in [0.5, 0.6) is 0 Å². The summed E-state index contributed by atoms with van der Waals surface area (Å²) in [6, 6.07) is 0. The van der Waals surface area contributed by atoms with Gasteiger partial charge in [0, 0.05) is 51.8 Å². The SMILES string of the molecule is NC1(C(=O)N2CCN(c3cnccn3)CC2)CCOCC1. The van der Waals surface area contributed by atoms with Gasteiger partial charge in [-0.15, -0.1) is 0 Å². The van der Waals surface area contributed by atoms with Gasteiger partial charge >= 0.3 is 0 Å². The predicted molar refractivity (Wildman–Crippen MR) is 77.8 cm³/mol. The molecule has 0 radical (unpaired) electrons. The summed E-state index contributed by atoms with van der Waals surface area (Å²) in [6.07, 6.45) is 6.31. The zero-order valence-corrected chi connectivity index (χ0v) is 12.1. The molecule has 7 heteroatoms. The average molecular weight is 291 g/mol. The van der Waals surface area contributed by atoms with Crippen molar-refractivity contribution in [2.24, 2.45) is 5.73 Å². The third-order valence-electron chi connectivity index (χ3n) is 4.25. The highest BCUT2D eigenvalue weighted by atomic mass is 16.5. The highest BCUT2D eigenvalue weighted by Gasteiger charge is 2.39. The quantitative estimate of drug-likeness (QED) is 0.800. The minimum atomic E-state index is -0.743. The number of hydrogen-bond donors (Lipinski definition) is 1. The van der Waals surface area contributed by atoms with Crippen LogP contribution in [0.4, 0.5) is 5.82 Å². The second-order valence-corrected chi connectivity index (χ2v) is 5.61. The molecule has 2 aliphatic rings. The number of carbonyl (C=O) groups is 1. The molecule has 0 spiro atoms. The van der Waals surface area contributed by atoms with Gasteiger partial charge in [0.1, 0.15) is 5.82 Å². The minimum absolute atomic E-state index is 0.0598. The lowest BCUT2D eigenvalue weighted by atomic mass is 9.89. The van der Waals surface area contributed by atoms with Crippen molar-refractivity contribution >= 4 is 11.7 Å². The Morgan fingerprint density at radius 3 is 2.52 bits per heavy atom. The molecule has 2 saturated heterocycles. The van der Waals surface area contributed by atoms with Crippen LogP contribution in [0, 0.1) is 0 Å². The number of rotatable bonds is 2. The predicted octanol–water partition coefficient (Wildman–Crippen LogP) is -0.367. The molecule has 0 unspecified atom stereocenters. The number of carbonyl (C=O) groups excluding carboxylic acids is 1. The number of anilines is 1. The van der Waals surface area contributed by atoms with Crippen molar-refractivity contribution in [1.82, 2.24) is 14.9 Å². The third-order valence-corrected chi connectivity index (χ3v) is 4.25. The zero-order chi connectivity index (χ0) is 14.7. The van der Waals surface area contributed by atoms with E-state index in [9.17, 15) is 4.79 Å². The fourth-order valence-electron chi connectivity index (χ4n) is 2.86. The summed E-state index contributed by atoms with van der Waals surface area (Å²) in [5, 5.41) is 0. The molecular weight excluding hydrogens is 270 g/mol. The van der Waals surface area contributed by atoms with E-state index >= 15 is 0 Å². The molecule has 2 N–H and O–H groups in total. The van der Waals surface area contributed by atoms with Gasteiger partial charge in [0.15, 0.2) is 0 Å². The molecule has 114 valence electrons. The van der Waals surface area contributed by atoms with Gasteiger partial charge < -0.3 is 20.3 Å². The van der Waals surface area contributed by atoms with Gasteiger partial charge in [-0.3, -0.25) is 9.78 Å². The lowest BCUT2D eigenvalue weighted by Gasteiger charge is -2.41. The summed E-state index contributed by atoms with van der Waals surface area (Å²) in [4.78, 5) is 25.0. The minimum Gasteiger partial charge on any atom is -0.381 e. The van der Waals surface area contributed by atoms with Gasteiger partial charge in [-0.05, 0) is 12.8 Å². The van der Waals surface area contributed by atoms with Gasteiger partial charge in [-0.2, -0.15) is 0 Å². The second kappa shape index (κ2) is 5.95. The molecule has 2 fully saturated rings. The molecule has 1 aromatic heterocycles. The summed E-state index contributed by atoms with van der Waals surface area (Å²) in [7, 11) is 0. The monoisotopic (exact) mass is 291 g/mol. The van der Waals surface area contributed by atoms with Crippen LogP contribution in [0.1, 0.15) is 12.8 Å². The van der Waals surface area contributed by atoms with Gasteiger partial charge in [0.05, 0.1) is 11.7 Å². The van der Waals surface area contributed by atoms with Crippen molar-refractivity contribution in [3.8, 4) is 0 Å². The van der Waals surface area contributed by atoms with Crippen LogP contribution >= 0.6 is 0 Å². The lowest BCUT2D eigenvalue weighted by Crippen LogP contribution is -2.61. The Kier molecular flexibility index (Phi) is 4.03. The van der Waals surface area contributed by atoms with E-state index in [0.717, 1.165) is 18.9 Å². The van der Waals surface area contributed by atoms with Gasteiger partial charge in [0.2, 0.25) is 5.91 Å². The summed E-state index contributed by atoms with van der Waals surface area (Å²) in [5.41, 5.74) is 5.53. The first-order chi connectivity index (χ1) is 10.2. The molecule has 1 amide bonds. The smallest absolute Gasteiger partial charge is 0.242 e. The Morgan fingerprint density at radius 1 is 1.19 bits per heavy atom. The molecule has 3 heterocycles. The largest absolute Gasteiger partial charge is 0.381 e. The number of piperazine rings is 1. The summed E-state index contributed by atoms with van der Waals surface area (Å²) < 4.78 is 5.30. The standard InChI is InChI=1S/C14H21N5O2/c15-14(1-9-21-10-2-14)13(20)19-7-5-18(6-8-19)12-11-16-3-4-17-12/h3-4,11H,1-2,5-10,15H2. The maximum Gasteiger partial charge on any atom is 0.242 e. The Morgan fingerprint density at radius 2 is 1.90 bits per heavy atom. The number of aromatic nitrogens is 2. The van der Waals surface area contributed by atoms with E-state index in [0.29, 0.717) is 39.1 Å². The van der Waals surface area contributed by atoms with E-state index in [1.807, 2.05) is 4.90 Å². The number of nitrogens with zero attached hydrogens (tertiary/aromatic N) is 4. The first kappa shape index (κ1) is 14.2. The van der Waals surface area contributed by atoms with Crippen molar-refractivity contribution in [1.29, 1.82) is 0 Å². The molecular formula is C14H21N5O2. The number of amides is 1. The van der Waals surface area contributed by atoms with E-state index in [4.69, 9.17) is 10.5 Å². The summed E-state index contributed by atoms with van der Waals surface area (Å²) in [6.45, 7) is 4.02. The first-order valence-corrected chi connectivity index (χ1v) is 7.36. The maximum absolute atomic E-state index is 12.6. The summed E-state index contributed by atoms with van der Waals surface area (Å²) >= 11 is 0. The van der Waals surface area contributed by atoms with E-state index in [2.05, 4.69) is 14.9 Å². The van der Waals surface area contributed by atoms with Crippen LogP contribution in [0.15, 0.2) is 18.6 Å². The van der Waals surface area contributed by atoms with Crippen molar-refractivity contribution < 1.29 is 9.53 Å². The van der Waals surface area contributed by atoms with Crippen LogP contribution in [0.2, 0.25) is 0 Å². The van der Waals surface area contributed by atoms with Gasteiger partial charge in [-0.25, -0.2) is 4.98 Å². The Hall–Kier alpha value is -1.73. The van der Waals surface area contributed by atoms with Crippen LogP contribution in [0.25, 0.3) is 0 Å². The number of hydrogen-bond acceptors (Lipinski definition) is 6. The molecule has 0 bridgehead atoms. The molecule has 2 aliphatic heterocycles.